The van der Waals surface area contributed by atoms with Gasteiger partial charge in [0.25, 0.3) is 0 Å². The first kappa shape index (κ1) is 21.6. The monoisotopic (exact) mass is 464 g/mol. The average Bonchev–Trinajstić information content (AvgIpc) is 3.46. The molecule has 0 unspecified atom stereocenters. The summed E-state index contributed by atoms with van der Waals surface area (Å²) in [5, 5.41) is 7.42. The molecule has 5 rings (SSSR count). The molecule has 1 saturated heterocycles. The number of aromatic amines is 1. The SMILES string of the molecule is FC(F)n1cc(-c2ccc3c(C4=NCN([C@H]5CCCNC5)C=C4C(F)(F)F)c[nH]c3c2)cn1. The maximum absolute atomic E-state index is 14.0. The molecule has 2 aliphatic rings. The van der Waals surface area contributed by atoms with Crippen LogP contribution in [0, 0.1) is 0 Å². The van der Waals surface area contributed by atoms with Crippen molar-refractivity contribution in [1.82, 2.24) is 25.0 Å². The number of piperidine rings is 1. The highest BCUT2D eigenvalue weighted by molar-refractivity contribution is 6.20. The molecule has 11 heteroatoms. The van der Waals surface area contributed by atoms with Crippen molar-refractivity contribution in [2.45, 2.75) is 31.6 Å². The van der Waals surface area contributed by atoms with E-state index >= 15 is 0 Å². The van der Waals surface area contributed by atoms with Gasteiger partial charge in [-0.05, 0) is 31.0 Å². The van der Waals surface area contributed by atoms with Gasteiger partial charge in [-0.1, -0.05) is 12.1 Å². The number of aromatic nitrogens is 3. The lowest BCUT2D eigenvalue weighted by Gasteiger charge is -2.36. The number of benzene rings is 1. The molecule has 4 heterocycles. The molecule has 1 atom stereocenters. The molecule has 2 N–H and O–H groups in total. The molecule has 1 fully saturated rings. The molecule has 6 nitrogen and oxygen atoms in total. The third-order valence-corrected chi connectivity index (χ3v) is 6.06. The van der Waals surface area contributed by atoms with Crippen LogP contribution in [0.1, 0.15) is 25.0 Å². The number of alkyl halides is 5. The Kier molecular flexibility index (Phi) is 5.43. The molecule has 3 aromatic rings. The fourth-order valence-corrected chi connectivity index (χ4v) is 4.38. The van der Waals surface area contributed by atoms with Crippen LogP contribution >= 0.6 is 0 Å². The number of rotatable bonds is 4. The minimum absolute atomic E-state index is 0.0268. The van der Waals surface area contributed by atoms with Crippen molar-refractivity contribution in [1.29, 1.82) is 0 Å². The van der Waals surface area contributed by atoms with E-state index in [2.05, 4.69) is 20.4 Å². The second-order valence-corrected chi connectivity index (χ2v) is 8.15. The van der Waals surface area contributed by atoms with Gasteiger partial charge >= 0.3 is 12.7 Å². The van der Waals surface area contributed by atoms with Crippen LogP contribution < -0.4 is 5.32 Å². The lowest BCUT2D eigenvalue weighted by molar-refractivity contribution is -0.0877. The molecule has 0 spiro atoms. The van der Waals surface area contributed by atoms with Crippen molar-refractivity contribution in [3.8, 4) is 11.1 Å². The Bertz CT molecular complexity index is 1220. The van der Waals surface area contributed by atoms with Crippen molar-refractivity contribution in [3.63, 3.8) is 0 Å². The normalized spacial score (nSPS) is 19.8. The second-order valence-electron chi connectivity index (χ2n) is 8.15. The molecule has 0 bridgehead atoms. The largest absolute Gasteiger partial charge is 0.419 e. The van der Waals surface area contributed by atoms with Gasteiger partial charge < -0.3 is 15.2 Å². The standard InChI is InChI=1S/C22H21F5N6/c23-21(24)33-10-14(7-31-33)13-3-4-16-17(9-29-19(16)6-13)20-18(22(25,26)27)11-32(12-30-20)15-2-1-5-28-8-15/h3-4,6-7,9-11,15,21,28-29H,1-2,5,8,12H2/t15-/m0/s1. The lowest BCUT2D eigenvalue weighted by Crippen LogP contribution is -2.45. The minimum atomic E-state index is -4.56. The van der Waals surface area contributed by atoms with E-state index in [1.54, 1.807) is 23.1 Å². The second kappa shape index (κ2) is 8.29. The number of hydrogen-bond donors (Lipinski definition) is 2. The number of fused-ring (bicyclic) bond motifs is 1. The van der Waals surface area contributed by atoms with Gasteiger partial charge in [0, 0.05) is 53.2 Å². The first-order valence-corrected chi connectivity index (χ1v) is 10.6. The van der Waals surface area contributed by atoms with E-state index in [1.807, 2.05) is 0 Å². The quantitative estimate of drug-likeness (QED) is 0.551. The number of allylic oxidation sites excluding steroid dienone is 1. The average molecular weight is 464 g/mol. The van der Waals surface area contributed by atoms with Crippen LogP contribution in [-0.2, 0) is 0 Å². The molecular formula is C22H21F5N6. The maximum Gasteiger partial charge on any atom is 0.419 e. The zero-order valence-corrected chi connectivity index (χ0v) is 17.4. The summed E-state index contributed by atoms with van der Waals surface area (Å²) in [6, 6.07) is 5.02. The molecular weight excluding hydrogens is 443 g/mol. The third-order valence-electron chi connectivity index (χ3n) is 6.06. The molecule has 2 aromatic heterocycles. The summed E-state index contributed by atoms with van der Waals surface area (Å²) in [5.41, 5.74) is 1.15. The molecule has 174 valence electrons. The van der Waals surface area contributed by atoms with Gasteiger partial charge in [-0.2, -0.15) is 27.1 Å². The highest BCUT2D eigenvalue weighted by atomic mass is 19.4. The van der Waals surface area contributed by atoms with Crippen LogP contribution in [0.4, 0.5) is 22.0 Å². The molecule has 0 saturated carbocycles. The topological polar surface area (TPSA) is 61.2 Å². The fraction of sp³-hybridized carbons (Fsp3) is 0.364. The molecule has 2 aliphatic heterocycles. The van der Waals surface area contributed by atoms with E-state index in [1.165, 1.54) is 24.8 Å². The number of hydrogen-bond acceptors (Lipinski definition) is 4. The van der Waals surface area contributed by atoms with Crippen molar-refractivity contribution in [2.24, 2.45) is 4.99 Å². The molecule has 33 heavy (non-hydrogen) atoms. The van der Waals surface area contributed by atoms with E-state index in [0.29, 0.717) is 38.8 Å². The Morgan fingerprint density at radius 3 is 2.70 bits per heavy atom. The molecule has 0 radical (unpaired) electrons. The summed E-state index contributed by atoms with van der Waals surface area (Å²) in [6.07, 6.45) is 2.40. The Balaban J connectivity index is 1.48. The van der Waals surface area contributed by atoms with E-state index in [9.17, 15) is 22.0 Å². The Morgan fingerprint density at radius 1 is 1.15 bits per heavy atom. The smallest absolute Gasteiger partial charge is 0.360 e. The number of nitrogens with one attached hydrogen (secondary N) is 2. The summed E-state index contributed by atoms with van der Waals surface area (Å²) in [6.45, 7) is -1.10. The Morgan fingerprint density at radius 2 is 2.00 bits per heavy atom. The van der Waals surface area contributed by atoms with Crippen LogP contribution in [0.15, 0.2) is 53.6 Å². The maximum atomic E-state index is 14.0. The van der Waals surface area contributed by atoms with Crippen LogP contribution in [0.2, 0.25) is 0 Å². The number of H-pyrrole nitrogens is 1. The Hall–Kier alpha value is -3.21. The summed E-state index contributed by atoms with van der Waals surface area (Å²) < 4.78 is 68.2. The van der Waals surface area contributed by atoms with Gasteiger partial charge in [-0.3, -0.25) is 4.99 Å². The van der Waals surface area contributed by atoms with Crippen LogP contribution in [0.5, 0.6) is 0 Å². The molecule has 0 aliphatic carbocycles. The summed E-state index contributed by atoms with van der Waals surface area (Å²) in [5.74, 6) is 0. The zero-order valence-electron chi connectivity index (χ0n) is 17.4. The third kappa shape index (κ3) is 4.12. The Labute approximate surface area is 185 Å². The highest BCUT2D eigenvalue weighted by Gasteiger charge is 2.41. The molecule has 0 amide bonds. The summed E-state index contributed by atoms with van der Waals surface area (Å²) >= 11 is 0. The minimum Gasteiger partial charge on any atom is -0.360 e. The first-order chi connectivity index (χ1) is 15.8. The van der Waals surface area contributed by atoms with Crippen molar-refractivity contribution in [2.75, 3.05) is 19.8 Å². The van der Waals surface area contributed by atoms with Crippen LogP contribution in [0.3, 0.4) is 0 Å². The van der Waals surface area contributed by atoms with Gasteiger partial charge in [0.15, 0.2) is 0 Å². The summed E-state index contributed by atoms with van der Waals surface area (Å²) in [4.78, 5) is 9.00. The van der Waals surface area contributed by atoms with E-state index in [0.717, 1.165) is 19.4 Å². The van der Waals surface area contributed by atoms with E-state index in [4.69, 9.17) is 0 Å². The predicted octanol–water partition coefficient (Wildman–Crippen LogP) is 4.69. The van der Waals surface area contributed by atoms with Gasteiger partial charge in [0.05, 0.1) is 17.5 Å². The number of nitrogens with zero attached hydrogens (tertiary/aromatic N) is 4. The predicted molar refractivity (Wildman–Crippen MR) is 114 cm³/mol. The van der Waals surface area contributed by atoms with Gasteiger partial charge in [-0.15, -0.1) is 0 Å². The zero-order chi connectivity index (χ0) is 23.2. The molecule has 1 aromatic carbocycles. The van der Waals surface area contributed by atoms with Crippen LogP contribution in [-0.4, -0.2) is 57.4 Å². The highest BCUT2D eigenvalue weighted by Crippen LogP contribution is 2.35. The fourth-order valence-electron chi connectivity index (χ4n) is 4.38. The van der Waals surface area contributed by atoms with Gasteiger partial charge in [0.1, 0.15) is 6.67 Å². The van der Waals surface area contributed by atoms with Crippen molar-refractivity contribution < 1.29 is 22.0 Å². The van der Waals surface area contributed by atoms with E-state index in [-0.39, 0.29) is 18.4 Å². The number of halogens is 5. The lowest BCUT2D eigenvalue weighted by atomic mass is 9.98. The number of aliphatic imine (C=N–C) groups is 1. The summed E-state index contributed by atoms with van der Waals surface area (Å²) in [7, 11) is 0. The van der Waals surface area contributed by atoms with Crippen molar-refractivity contribution >= 4 is 16.6 Å². The first-order valence-electron chi connectivity index (χ1n) is 10.6. The van der Waals surface area contributed by atoms with E-state index < -0.39 is 18.3 Å². The van der Waals surface area contributed by atoms with Crippen molar-refractivity contribution in [3.05, 3.63) is 54.1 Å². The van der Waals surface area contributed by atoms with Gasteiger partial charge in [-0.25, -0.2) is 4.68 Å². The van der Waals surface area contributed by atoms with Gasteiger partial charge in [0.2, 0.25) is 0 Å². The van der Waals surface area contributed by atoms with Crippen LogP contribution in [0.25, 0.3) is 22.0 Å².